The normalized spacial score (nSPS) is 11.8. The van der Waals surface area contributed by atoms with Gasteiger partial charge >= 0.3 is 0 Å². The minimum absolute atomic E-state index is 1.28. The van der Waals surface area contributed by atoms with Crippen LogP contribution < -0.4 is 0 Å². The van der Waals surface area contributed by atoms with Gasteiger partial charge in [0.15, 0.2) is 0 Å². The van der Waals surface area contributed by atoms with Crippen molar-refractivity contribution in [2.75, 3.05) is 0 Å². The molecular formula is C38H22S4. The molecule has 0 aliphatic carbocycles. The Morgan fingerprint density at radius 2 is 0.690 bits per heavy atom. The highest BCUT2D eigenvalue weighted by molar-refractivity contribution is 7.26. The number of hydrogen-bond donors (Lipinski definition) is 0. The summed E-state index contributed by atoms with van der Waals surface area (Å²) in [5.41, 5.74) is 2.56. The van der Waals surface area contributed by atoms with Crippen LogP contribution in [0.25, 0.3) is 83.5 Å². The monoisotopic (exact) mass is 606 g/mol. The van der Waals surface area contributed by atoms with Gasteiger partial charge in [-0.05, 0) is 38.7 Å². The van der Waals surface area contributed by atoms with Crippen LogP contribution in [-0.4, -0.2) is 0 Å². The van der Waals surface area contributed by atoms with Crippen LogP contribution in [0.4, 0.5) is 0 Å². The van der Waals surface area contributed by atoms with Crippen molar-refractivity contribution >= 4 is 88.4 Å². The molecule has 0 aliphatic rings. The van der Waals surface area contributed by atoms with Crippen molar-refractivity contribution in [3.63, 3.8) is 0 Å². The molecule has 4 heteroatoms. The van der Waals surface area contributed by atoms with Gasteiger partial charge in [-0.1, -0.05) is 115 Å². The highest BCUT2D eigenvalue weighted by Gasteiger charge is 2.20. The minimum atomic E-state index is 1.28. The molecule has 0 N–H and O–H groups in total. The second-order valence-corrected chi connectivity index (χ2v) is 14.3. The quantitative estimate of drug-likeness (QED) is 0.187. The number of benzene rings is 5. The van der Waals surface area contributed by atoms with Gasteiger partial charge in [0, 0.05) is 42.1 Å². The molecular weight excluding hydrogens is 585 g/mol. The van der Waals surface area contributed by atoms with Gasteiger partial charge in [0.1, 0.15) is 0 Å². The van der Waals surface area contributed by atoms with Crippen molar-refractivity contribution in [2.24, 2.45) is 0 Å². The first-order chi connectivity index (χ1) is 20.8. The summed E-state index contributed by atoms with van der Waals surface area (Å²) in [4.78, 5) is 8.14. The SMILES string of the molecule is c1cc(-c2sc(-c3scc4ccccc34)c3ccccc23)cc(-c2sc(-c3scc4ccccc34)c3ccccc23)c1. The molecule has 0 saturated heterocycles. The van der Waals surface area contributed by atoms with Crippen molar-refractivity contribution in [1.82, 2.24) is 0 Å². The van der Waals surface area contributed by atoms with E-state index in [1.54, 1.807) is 0 Å². The Bertz CT molecular complexity index is 2260. The number of thiophene rings is 4. The molecule has 0 fully saturated rings. The summed E-state index contributed by atoms with van der Waals surface area (Å²) >= 11 is 7.56. The van der Waals surface area contributed by atoms with Crippen LogP contribution in [0.2, 0.25) is 0 Å². The van der Waals surface area contributed by atoms with Gasteiger partial charge in [-0.25, -0.2) is 0 Å². The maximum Gasteiger partial charge on any atom is 0.0534 e. The Kier molecular flexibility index (Phi) is 5.70. The lowest BCUT2D eigenvalue weighted by molar-refractivity contribution is 1.70. The summed E-state index contributed by atoms with van der Waals surface area (Å²) in [6.07, 6.45) is 0. The summed E-state index contributed by atoms with van der Waals surface area (Å²) in [7, 11) is 0. The third-order valence-corrected chi connectivity index (χ3v) is 13.0. The van der Waals surface area contributed by atoms with Crippen LogP contribution in [-0.2, 0) is 0 Å². The predicted molar refractivity (Wildman–Crippen MR) is 190 cm³/mol. The second-order valence-electron chi connectivity index (χ2n) is 10.5. The molecule has 0 spiro atoms. The van der Waals surface area contributed by atoms with Crippen LogP contribution in [0.1, 0.15) is 0 Å². The van der Waals surface area contributed by atoms with Crippen LogP contribution in [0.5, 0.6) is 0 Å². The predicted octanol–water partition coefficient (Wildman–Crippen LogP) is 13.2. The van der Waals surface area contributed by atoms with Crippen LogP contribution >= 0.6 is 45.3 Å². The van der Waals surface area contributed by atoms with Gasteiger partial charge < -0.3 is 0 Å². The summed E-state index contributed by atoms with van der Waals surface area (Å²) in [6, 6.07) is 44.5. The lowest BCUT2D eigenvalue weighted by Crippen LogP contribution is -1.78. The van der Waals surface area contributed by atoms with E-state index >= 15 is 0 Å². The summed E-state index contributed by atoms with van der Waals surface area (Å²) in [6.45, 7) is 0. The first-order valence-electron chi connectivity index (χ1n) is 13.9. The van der Waals surface area contributed by atoms with Gasteiger partial charge in [0.05, 0.1) is 19.5 Å². The fourth-order valence-corrected chi connectivity index (χ4v) is 11.0. The first kappa shape index (κ1) is 24.5. The Labute approximate surface area is 259 Å². The Balaban J connectivity index is 1.23. The average Bonchev–Trinajstić information content (AvgIpc) is 3.83. The summed E-state index contributed by atoms with van der Waals surface area (Å²) in [5.74, 6) is 0. The van der Waals surface area contributed by atoms with Crippen molar-refractivity contribution in [1.29, 1.82) is 0 Å². The molecule has 4 aromatic heterocycles. The zero-order chi connectivity index (χ0) is 27.6. The number of hydrogen-bond acceptors (Lipinski definition) is 4. The Morgan fingerprint density at radius 3 is 1.14 bits per heavy atom. The third kappa shape index (κ3) is 3.77. The molecule has 42 heavy (non-hydrogen) atoms. The van der Waals surface area contributed by atoms with E-state index in [-0.39, 0.29) is 0 Å². The maximum absolute atomic E-state index is 2.41. The van der Waals surface area contributed by atoms with Gasteiger partial charge in [-0.3, -0.25) is 0 Å². The molecule has 5 aromatic carbocycles. The molecule has 0 atom stereocenters. The van der Waals surface area contributed by atoms with Crippen molar-refractivity contribution in [2.45, 2.75) is 0 Å². The van der Waals surface area contributed by atoms with Crippen LogP contribution in [0, 0.1) is 0 Å². The molecule has 4 heterocycles. The maximum atomic E-state index is 2.41. The van der Waals surface area contributed by atoms with Gasteiger partial charge in [-0.2, -0.15) is 0 Å². The molecule has 0 amide bonds. The largest absolute Gasteiger partial charge is 0.142 e. The zero-order valence-electron chi connectivity index (χ0n) is 22.3. The Hall–Kier alpha value is -4.06. The third-order valence-electron chi connectivity index (χ3n) is 8.06. The molecule has 9 rings (SSSR count). The van der Waals surface area contributed by atoms with Crippen LogP contribution in [0.15, 0.2) is 132 Å². The van der Waals surface area contributed by atoms with E-state index in [1.165, 1.54) is 83.5 Å². The van der Waals surface area contributed by atoms with Crippen molar-refractivity contribution in [3.05, 3.63) is 132 Å². The standard InChI is InChI=1S/C38H22S4/c1-3-14-27-25(10-1)21-39-35(27)37-31-18-7-5-16-29(31)33(41-37)23-12-9-13-24(20-23)34-30-17-6-8-19-32(30)38(42-34)36-28-15-4-2-11-26(28)22-40-36/h1-22H. The average molecular weight is 607 g/mol. The highest BCUT2D eigenvalue weighted by atomic mass is 32.1. The van der Waals surface area contributed by atoms with E-state index in [9.17, 15) is 0 Å². The molecule has 198 valence electrons. The van der Waals surface area contributed by atoms with E-state index in [0.29, 0.717) is 0 Å². The molecule has 0 nitrogen and oxygen atoms in total. The lowest BCUT2D eigenvalue weighted by Gasteiger charge is -2.04. The number of fused-ring (bicyclic) bond motifs is 4. The molecule has 9 aromatic rings. The topological polar surface area (TPSA) is 0 Å². The van der Waals surface area contributed by atoms with Gasteiger partial charge in [-0.15, -0.1) is 45.3 Å². The highest BCUT2D eigenvalue weighted by Crippen LogP contribution is 2.50. The smallest absolute Gasteiger partial charge is 0.0534 e. The van der Waals surface area contributed by atoms with Gasteiger partial charge in [0.25, 0.3) is 0 Å². The van der Waals surface area contributed by atoms with E-state index in [4.69, 9.17) is 0 Å². The second kappa shape index (κ2) is 9.75. The summed E-state index contributed by atoms with van der Waals surface area (Å²) in [5, 5.41) is 15.2. The van der Waals surface area contributed by atoms with E-state index in [1.807, 2.05) is 45.3 Å². The van der Waals surface area contributed by atoms with Crippen molar-refractivity contribution < 1.29 is 0 Å². The molecule has 0 saturated carbocycles. The molecule has 0 unspecified atom stereocenters. The molecule has 0 bridgehead atoms. The van der Waals surface area contributed by atoms with Crippen LogP contribution in [0.3, 0.4) is 0 Å². The fraction of sp³-hybridized carbons (Fsp3) is 0. The van der Waals surface area contributed by atoms with E-state index in [0.717, 1.165) is 0 Å². The molecule has 0 radical (unpaired) electrons. The molecule has 0 aliphatic heterocycles. The van der Waals surface area contributed by atoms with E-state index in [2.05, 4.69) is 132 Å². The first-order valence-corrected chi connectivity index (χ1v) is 17.3. The van der Waals surface area contributed by atoms with Crippen molar-refractivity contribution in [3.8, 4) is 40.4 Å². The minimum Gasteiger partial charge on any atom is -0.142 e. The number of rotatable bonds is 4. The zero-order valence-corrected chi connectivity index (χ0v) is 25.6. The Morgan fingerprint density at radius 1 is 0.310 bits per heavy atom. The lowest BCUT2D eigenvalue weighted by atomic mass is 10.0. The van der Waals surface area contributed by atoms with E-state index < -0.39 is 0 Å². The van der Waals surface area contributed by atoms with Gasteiger partial charge in [0.2, 0.25) is 0 Å². The summed E-state index contributed by atoms with van der Waals surface area (Å²) < 4.78 is 0. The fourth-order valence-electron chi connectivity index (χ4n) is 6.09.